The molecule has 0 aromatic rings. The van der Waals surface area contributed by atoms with Gasteiger partial charge in [-0.3, -0.25) is 9.59 Å². The molecule has 0 spiro atoms. The van der Waals surface area contributed by atoms with Crippen LogP contribution < -0.4 is 0 Å². The molecule has 1 unspecified atom stereocenters. The molecule has 1 atom stereocenters. The van der Waals surface area contributed by atoms with Gasteiger partial charge < -0.3 is 19.1 Å². The molecule has 0 aromatic heterocycles. The topological polar surface area (TPSA) is 93.1 Å². The zero-order valence-electron chi connectivity index (χ0n) is 10.4. The number of hydrogen-bond acceptors (Lipinski definition) is 4. The normalized spacial score (nSPS) is 14.6. The summed E-state index contributed by atoms with van der Waals surface area (Å²) in [6.45, 7) is 1.92. The van der Waals surface area contributed by atoms with Crippen molar-refractivity contribution >= 4 is 21.2 Å². The van der Waals surface area contributed by atoms with Crippen LogP contribution in [0.15, 0.2) is 0 Å². The summed E-state index contributed by atoms with van der Waals surface area (Å²) >= 11 is 0. The second-order valence-corrected chi connectivity index (χ2v) is 6.65. The van der Waals surface area contributed by atoms with Gasteiger partial charge in [-0.25, -0.2) is 0 Å². The molecule has 0 rings (SSSR count). The highest BCUT2D eigenvalue weighted by Gasteiger charge is 2.50. The van der Waals surface area contributed by atoms with Crippen LogP contribution in [0.4, 0.5) is 0 Å². The monoisotopic (exact) mass is 264 g/mol. The third kappa shape index (κ3) is 4.10. The van der Waals surface area contributed by atoms with Gasteiger partial charge in [0.05, 0.1) is 6.42 Å². The van der Waals surface area contributed by atoms with Crippen LogP contribution in [0.1, 0.15) is 32.6 Å². The molecule has 0 aromatic carbocycles. The fourth-order valence-corrected chi connectivity index (χ4v) is 3.96. The van der Waals surface area contributed by atoms with E-state index in [1.807, 2.05) is 6.92 Å². The molecule has 0 radical (unpaired) electrons. The second kappa shape index (κ2) is 7.41. The molecule has 0 saturated carbocycles. The first kappa shape index (κ1) is 16.1. The van der Waals surface area contributed by atoms with Gasteiger partial charge in [0, 0.05) is 14.2 Å². The predicted octanol–water partition coefficient (Wildman–Crippen LogP) is 0.990. The predicted molar refractivity (Wildman–Crippen MR) is 63.3 cm³/mol. The average Bonchev–Trinajstić information content (AvgIpc) is 2.26. The largest absolute Gasteiger partial charge is 0.481 e. The van der Waals surface area contributed by atoms with Crippen LogP contribution in [0.3, 0.4) is 0 Å². The minimum absolute atomic E-state index is 0.268. The lowest BCUT2D eigenvalue weighted by Gasteiger charge is -2.32. The number of carboxylic acids is 2. The van der Waals surface area contributed by atoms with E-state index in [0.717, 1.165) is 6.42 Å². The molecule has 6 nitrogen and oxygen atoms in total. The molecule has 17 heavy (non-hydrogen) atoms. The molecule has 100 valence electrons. The summed E-state index contributed by atoms with van der Waals surface area (Å²) in [6.07, 6.45) is 1.24. The minimum atomic E-state index is -2.57. The van der Waals surface area contributed by atoms with Gasteiger partial charge >= 0.3 is 21.2 Å². The van der Waals surface area contributed by atoms with E-state index in [4.69, 9.17) is 14.0 Å². The Kier molecular flexibility index (Phi) is 7.01. The van der Waals surface area contributed by atoms with Crippen LogP contribution in [0, 0.1) is 0 Å². The summed E-state index contributed by atoms with van der Waals surface area (Å²) in [6, 6.07) is 0. The number of rotatable bonds is 9. The van der Waals surface area contributed by atoms with Crippen LogP contribution >= 0.6 is 0 Å². The first-order valence-corrected chi connectivity index (χ1v) is 6.97. The van der Waals surface area contributed by atoms with Crippen LogP contribution in [0.5, 0.6) is 0 Å². The lowest BCUT2D eigenvalue weighted by atomic mass is 9.97. The lowest BCUT2D eigenvalue weighted by molar-refractivity contribution is -0.148. The highest BCUT2D eigenvalue weighted by molar-refractivity contribution is 6.54. The van der Waals surface area contributed by atoms with Crippen molar-refractivity contribution in [2.45, 2.75) is 37.6 Å². The summed E-state index contributed by atoms with van der Waals surface area (Å²) < 4.78 is 10.2. The van der Waals surface area contributed by atoms with E-state index >= 15 is 0 Å². The Morgan fingerprint density at radius 3 is 2.06 bits per heavy atom. The Morgan fingerprint density at radius 2 is 1.76 bits per heavy atom. The van der Waals surface area contributed by atoms with Crippen molar-refractivity contribution in [3.63, 3.8) is 0 Å². The van der Waals surface area contributed by atoms with Gasteiger partial charge in [-0.05, 0) is 6.42 Å². The molecule has 0 heterocycles. The Labute approximate surface area is 102 Å². The maximum atomic E-state index is 11.4. The summed E-state index contributed by atoms with van der Waals surface area (Å²) in [5.74, 6) is -2.29. The molecular formula is C10H20O6Si. The van der Waals surface area contributed by atoms with Crippen molar-refractivity contribution in [2.24, 2.45) is 0 Å². The van der Waals surface area contributed by atoms with Crippen molar-refractivity contribution in [1.82, 2.24) is 0 Å². The van der Waals surface area contributed by atoms with Gasteiger partial charge in [-0.1, -0.05) is 19.8 Å². The quantitative estimate of drug-likeness (QED) is 0.603. The number of unbranched alkanes of at least 4 members (excludes halogenated alkanes) is 1. The zero-order chi connectivity index (χ0) is 13.5. The molecule has 0 bridgehead atoms. The molecule has 7 heteroatoms. The second-order valence-electron chi connectivity index (χ2n) is 3.94. The molecule has 0 saturated heterocycles. The van der Waals surface area contributed by atoms with Crippen molar-refractivity contribution in [3.8, 4) is 0 Å². The van der Waals surface area contributed by atoms with E-state index in [1.165, 1.54) is 14.2 Å². The Bertz CT molecular complexity index is 266. The van der Waals surface area contributed by atoms with Crippen molar-refractivity contribution < 1.29 is 28.7 Å². The first-order chi connectivity index (χ1) is 7.94. The molecule has 0 aliphatic rings. The van der Waals surface area contributed by atoms with Gasteiger partial charge in [0.15, 0.2) is 0 Å². The molecule has 0 amide bonds. The molecular weight excluding hydrogens is 244 g/mol. The lowest BCUT2D eigenvalue weighted by Crippen LogP contribution is -2.44. The van der Waals surface area contributed by atoms with Crippen molar-refractivity contribution in [1.29, 1.82) is 0 Å². The van der Waals surface area contributed by atoms with Crippen molar-refractivity contribution in [2.75, 3.05) is 14.2 Å². The van der Waals surface area contributed by atoms with Crippen LogP contribution in [-0.4, -0.2) is 45.7 Å². The van der Waals surface area contributed by atoms with E-state index in [-0.39, 0.29) is 6.42 Å². The van der Waals surface area contributed by atoms with E-state index in [0.29, 0.717) is 6.42 Å². The Hall–Kier alpha value is -0.923. The molecule has 0 aliphatic carbocycles. The number of carboxylic acid groups (broad SMARTS) is 2. The van der Waals surface area contributed by atoms with E-state index in [9.17, 15) is 14.7 Å². The maximum Gasteiger partial charge on any atom is 0.339 e. The summed E-state index contributed by atoms with van der Waals surface area (Å²) in [5, 5.41) is 16.8. The number of hydrogen-bond donors (Lipinski definition) is 2. The Morgan fingerprint density at radius 1 is 1.24 bits per heavy atom. The third-order valence-electron chi connectivity index (χ3n) is 2.75. The fraction of sp³-hybridized carbons (Fsp3) is 0.800. The van der Waals surface area contributed by atoms with Gasteiger partial charge in [-0.2, -0.15) is 0 Å². The van der Waals surface area contributed by atoms with Gasteiger partial charge in [0.1, 0.15) is 5.04 Å². The van der Waals surface area contributed by atoms with E-state index < -0.39 is 32.7 Å². The smallest absolute Gasteiger partial charge is 0.339 e. The number of carbonyl (C=O) groups is 2. The maximum absolute atomic E-state index is 11.4. The SMILES string of the molecule is CCCCC(CC(=O)O)(C(=O)O)[SiH](OC)OC. The van der Waals surface area contributed by atoms with Gasteiger partial charge in [-0.15, -0.1) is 0 Å². The van der Waals surface area contributed by atoms with Crippen LogP contribution in [-0.2, 0) is 18.4 Å². The van der Waals surface area contributed by atoms with Crippen LogP contribution in [0.2, 0.25) is 5.04 Å². The van der Waals surface area contributed by atoms with Gasteiger partial charge in [0.2, 0.25) is 0 Å². The Balaban J connectivity index is 5.20. The fourth-order valence-electron chi connectivity index (χ4n) is 1.88. The van der Waals surface area contributed by atoms with Crippen molar-refractivity contribution in [3.05, 3.63) is 0 Å². The van der Waals surface area contributed by atoms with E-state index in [1.54, 1.807) is 0 Å². The molecule has 0 aliphatic heterocycles. The molecule has 2 N–H and O–H groups in total. The van der Waals surface area contributed by atoms with Gasteiger partial charge in [0.25, 0.3) is 0 Å². The highest BCUT2D eigenvalue weighted by Crippen LogP contribution is 2.41. The van der Waals surface area contributed by atoms with E-state index in [2.05, 4.69) is 0 Å². The summed E-state index contributed by atoms with van der Waals surface area (Å²) in [4.78, 5) is 22.3. The average molecular weight is 264 g/mol. The third-order valence-corrected chi connectivity index (χ3v) is 5.25. The summed E-state index contributed by atoms with van der Waals surface area (Å²) in [7, 11) is 0.165. The standard InChI is InChI=1S/C10H20O6Si/c1-4-5-6-10(9(13)14,7-8(11)12)17(15-2)16-3/h17H,4-7H2,1-3H3,(H,11,12)(H,13,14). The highest BCUT2D eigenvalue weighted by atomic mass is 28.3. The molecule has 0 fully saturated rings. The zero-order valence-corrected chi connectivity index (χ0v) is 11.6. The number of aliphatic carboxylic acids is 2. The first-order valence-electron chi connectivity index (χ1n) is 5.45. The van der Waals surface area contributed by atoms with Crippen LogP contribution in [0.25, 0.3) is 0 Å². The minimum Gasteiger partial charge on any atom is -0.481 e. The summed E-state index contributed by atoms with van der Waals surface area (Å²) in [5.41, 5.74) is 0.